The Morgan fingerprint density at radius 2 is 1.86 bits per heavy atom. The number of hydrogen-bond donors (Lipinski definition) is 0. The van der Waals surface area contributed by atoms with E-state index >= 15 is 0 Å². The molecular formula is C20H25N7O. The zero-order valence-electron chi connectivity index (χ0n) is 16.5. The van der Waals surface area contributed by atoms with Gasteiger partial charge < -0.3 is 9.80 Å². The van der Waals surface area contributed by atoms with Crippen molar-refractivity contribution in [3.05, 3.63) is 52.7 Å². The summed E-state index contributed by atoms with van der Waals surface area (Å²) in [4.78, 5) is 27.7. The SMILES string of the molecule is CN(C)c1ncnc2ccc(N3CCN(Cc4ccnn(C)c4=O)CC3)cc12. The molecule has 1 aromatic carbocycles. The molecule has 0 amide bonds. The molecule has 0 radical (unpaired) electrons. The van der Waals surface area contributed by atoms with E-state index in [4.69, 9.17) is 0 Å². The second-order valence-electron chi connectivity index (χ2n) is 7.34. The van der Waals surface area contributed by atoms with Crippen molar-refractivity contribution in [2.24, 2.45) is 7.05 Å². The summed E-state index contributed by atoms with van der Waals surface area (Å²) in [6, 6.07) is 8.19. The maximum absolute atomic E-state index is 12.2. The number of piperazine rings is 1. The highest BCUT2D eigenvalue weighted by Gasteiger charge is 2.19. The Hall–Kier alpha value is -3.00. The van der Waals surface area contributed by atoms with Gasteiger partial charge in [0.1, 0.15) is 12.1 Å². The fraction of sp³-hybridized carbons (Fsp3) is 0.400. The third-order valence-corrected chi connectivity index (χ3v) is 5.24. The number of hydrogen-bond acceptors (Lipinski definition) is 7. The highest BCUT2D eigenvalue weighted by atomic mass is 16.1. The first kappa shape index (κ1) is 18.4. The molecule has 0 atom stereocenters. The molecule has 1 aliphatic heterocycles. The van der Waals surface area contributed by atoms with Gasteiger partial charge in [-0.05, 0) is 24.3 Å². The van der Waals surface area contributed by atoms with E-state index < -0.39 is 0 Å². The first-order valence-electron chi connectivity index (χ1n) is 9.43. The van der Waals surface area contributed by atoms with Gasteiger partial charge in [-0.3, -0.25) is 9.69 Å². The fourth-order valence-electron chi connectivity index (χ4n) is 3.66. The molecular weight excluding hydrogens is 354 g/mol. The van der Waals surface area contributed by atoms with Crippen LogP contribution in [0, 0.1) is 0 Å². The highest BCUT2D eigenvalue weighted by Crippen LogP contribution is 2.27. The van der Waals surface area contributed by atoms with E-state index in [0.717, 1.165) is 48.5 Å². The molecule has 8 heteroatoms. The molecule has 146 valence electrons. The molecule has 1 fully saturated rings. The van der Waals surface area contributed by atoms with Gasteiger partial charge in [0, 0.05) is 76.7 Å². The Bertz CT molecular complexity index is 1040. The predicted molar refractivity (Wildman–Crippen MR) is 111 cm³/mol. The fourth-order valence-corrected chi connectivity index (χ4v) is 3.66. The van der Waals surface area contributed by atoms with Crippen LogP contribution >= 0.6 is 0 Å². The minimum atomic E-state index is -0.0179. The Morgan fingerprint density at radius 1 is 1.07 bits per heavy atom. The topological polar surface area (TPSA) is 70.4 Å². The van der Waals surface area contributed by atoms with Crippen molar-refractivity contribution in [1.82, 2.24) is 24.6 Å². The Balaban J connectivity index is 1.48. The monoisotopic (exact) mass is 379 g/mol. The van der Waals surface area contributed by atoms with Crippen molar-refractivity contribution in [3.63, 3.8) is 0 Å². The zero-order valence-corrected chi connectivity index (χ0v) is 16.5. The first-order valence-corrected chi connectivity index (χ1v) is 9.43. The molecule has 3 aromatic rings. The lowest BCUT2D eigenvalue weighted by atomic mass is 10.1. The largest absolute Gasteiger partial charge is 0.369 e. The van der Waals surface area contributed by atoms with Crippen LogP contribution in [0.15, 0.2) is 41.6 Å². The first-order chi connectivity index (χ1) is 13.5. The summed E-state index contributed by atoms with van der Waals surface area (Å²) in [6.07, 6.45) is 3.30. The molecule has 3 heterocycles. The van der Waals surface area contributed by atoms with Crippen molar-refractivity contribution in [1.29, 1.82) is 0 Å². The average molecular weight is 379 g/mol. The summed E-state index contributed by atoms with van der Waals surface area (Å²) in [5.74, 6) is 0.930. The van der Waals surface area contributed by atoms with E-state index in [9.17, 15) is 4.79 Å². The van der Waals surface area contributed by atoms with Crippen LogP contribution in [0.5, 0.6) is 0 Å². The van der Waals surface area contributed by atoms with Gasteiger partial charge in [0.05, 0.1) is 5.52 Å². The molecule has 1 aliphatic rings. The minimum absolute atomic E-state index is 0.0179. The Labute approximate surface area is 164 Å². The number of aryl methyl sites for hydroxylation is 1. The highest BCUT2D eigenvalue weighted by molar-refractivity contribution is 5.91. The smallest absolute Gasteiger partial charge is 0.270 e. The van der Waals surface area contributed by atoms with Crippen molar-refractivity contribution in [2.75, 3.05) is 50.1 Å². The summed E-state index contributed by atoms with van der Waals surface area (Å²) >= 11 is 0. The van der Waals surface area contributed by atoms with Crippen LogP contribution in [0.3, 0.4) is 0 Å². The number of rotatable bonds is 4. The van der Waals surface area contributed by atoms with Crippen molar-refractivity contribution in [2.45, 2.75) is 6.54 Å². The lowest BCUT2D eigenvalue weighted by Gasteiger charge is -2.36. The summed E-state index contributed by atoms with van der Waals surface area (Å²) in [5, 5.41) is 5.05. The molecule has 1 saturated heterocycles. The number of fused-ring (bicyclic) bond motifs is 1. The lowest BCUT2D eigenvalue weighted by molar-refractivity contribution is 0.248. The Morgan fingerprint density at radius 3 is 2.61 bits per heavy atom. The van der Waals surface area contributed by atoms with Crippen molar-refractivity contribution in [3.8, 4) is 0 Å². The van der Waals surface area contributed by atoms with Crippen molar-refractivity contribution < 1.29 is 0 Å². The van der Waals surface area contributed by atoms with E-state index in [2.05, 4.69) is 43.1 Å². The van der Waals surface area contributed by atoms with E-state index in [1.165, 1.54) is 10.4 Å². The van der Waals surface area contributed by atoms with Crippen LogP contribution in [-0.2, 0) is 13.6 Å². The standard InChI is InChI=1S/C20H25N7O/c1-24(2)19-17-12-16(4-5-18(17)21-14-22-19)27-10-8-26(9-11-27)13-15-6-7-23-25(3)20(15)28/h4-7,12,14H,8-11,13H2,1-3H3. The van der Waals surface area contributed by atoms with E-state index in [-0.39, 0.29) is 5.56 Å². The summed E-state index contributed by atoms with van der Waals surface area (Å²) in [7, 11) is 5.68. The van der Waals surface area contributed by atoms with E-state index in [1.807, 2.05) is 25.1 Å². The number of aromatic nitrogens is 4. The molecule has 0 N–H and O–H groups in total. The van der Waals surface area contributed by atoms with Crippen LogP contribution in [0.2, 0.25) is 0 Å². The molecule has 4 rings (SSSR count). The molecule has 0 spiro atoms. The second-order valence-corrected chi connectivity index (χ2v) is 7.34. The predicted octanol–water partition coefficient (Wildman–Crippen LogP) is 1.11. The molecule has 8 nitrogen and oxygen atoms in total. The van der Waals surface area contributed by atoms with Crippen molar-refractivity contribution >= 4 is 22.4 Å². The van der Waals surface area contributed by atoms with Gasteiger partial charge in [-0.2, -0.15) is 5.10 Å². The third-order valence-electron chi connectivity index (χ3n) is 5.24. The minimum Gasteiger partial charge on any atom is -0.369 e. The van der Waals surface area contributed by atoms with Crippen LogP contribution in [0.25, 0.3) is 10.9 Å². The molecule has 0 unspecified atom stereocenters. The van der Waals surface area contributed by atoms with Gasteiger partial charge in [-0.15, -0.1) is 0 Å². The van der Waals surface area contributed by atoms with Gasteiger partial charge in [-0.1, -0.05) is 0 Å². The molecule has 0 saturated carbocycles. The molecule has 0 aliphatic carbocycles. The lowest BCUT2D eigenvalue weighted by Crippen LogP contribution is -2.46. The molecule has 28 heavy (non-hydrogen) atoms. The van der Waals surface area contributed by atoms with Crippen LogP contribution in [0.1, 0.15) is 5.56 Å². The van der Waals surface area contributed by atoms with Crippen LogP contribution < -0.4 is 15.4 Å². The molecule has 2 aromatic heterocycles. The number of anilines is 2. The maximum atomic E-state index is 12.2. The summed E-state index contributed by atoms with van der Waals surface area (Å²) < 4.78 is 1.39. The zero-order chi connectivity index (χ0) is 19.7. The van der Waals surface area contributed by atoms with Gasteiger partial charge in [-0.25, -0.2) is 14.6 Å². The maximum Gasteiger partial charge on any atom is 0.270 e. The summed E-state index contributed by atoms with van der Waals surface area (Å²) in [6.45, 7) is 4.33. The van der Waals surface area contributed by atoms with Gasteiger partial charge in [0.25, 0.3) is 5.56 Å². The van der Waals surface area contributed by atoms with E-state index in [1.54, 1.807) is 19.6 Å². The summed E-state index contributed by atoms with van der Waals surface area (Å²) in [5.41, 5.74) is 2.92. The Kier molecular flexibility index (Phi) is 4.95. The second kappa shape index (κ2) is 7.55. The van der Waals surface area contributed by atoms with Crippen LogP contribution in [-0.4, -0.2) is 64.9 Å². The van der Waals surface area contributed by atoms with E-state index in [0.29, 0.717) is 6.54 Å². The quantitative estimate of drug-likeness (QED) is 0.673. The molecule has 0 bridgehead atoms. The third kappa shape index (κ3) is 3.55. The normalized spacial score (nSPS) is 15.2. The number of nitrogens with zero attached hydrogens (tertiary/aromatic N) is 7. The van der Waals surface area contributed by atoms with Gasteiger partial charge in [0.2, 0.25) is 0 Å². The average Bonchev–Trinajstić information content (AvgIpc) is 2.71. The van der Waals surface area contributed by atoms with Crippen LogP contribution in [0.4, 0.5) is 11.5 Å². The number of benzene rings is 1. The van der Waals surface area contributed by atoms with Gasteiger partial charge in [0.15, 0.2) is 0 Å². The van der Waals surface area contributed by atoms with Gasteiger partial charge >= 0.3 is 0 Å².